The van der Waals surface area contributed by atoms with Crippen LogP contribution in [0, 0.1) is 7.43 Å². The molecule has 0 saturated heterocycles. The Kier molecular flexibility index (Phi) is 35.0. The predicted molar refractivity (Wildman–Crippen MR) is 66.6 cm³/mol. The van der Waals surface area contributed by atoms with Crippen LogP contribution >= 0.6 is 29.5 Å². The van der Waals surface area contributed by atoms with Crippen LogP contribution in [0.2, 0.25) is 0 Å². The van der Waals surface area contributed by atoms with Gasteiger partial charge in [0.2, 0.25) is 0 Å². The van der Waals surface area contributed by atoms with Crippen LogP contribution < -0.4 is 0 Å². The van der Waals surface area contributed by atoms with Gasteiger partial charge in [0, 0.05) is 0 Å². The Hall–Kier alpha value is 1.21. The molecule has 0 saturated carbocycles. The molecular weight excluding hydrogens is 316 g/mol. The first kappa shape index (κ1) is 23.2. The molecule has 2 unspecified atom stereocenters. The van der Waals surface area contributed by atoms with Crippen molar-refractivity contribution in [3.8, 4) is 0 Å². The smallest absolute Gasteiger partial charge is 0.0624 e. The van der Waals surface area contributed by atoms with Crippen molar-refractivity contribution in [1.29, 1.82) is 0 Å². The summed E-state index contributed by atoms with van der Waals surface area (Å²) in [7, 11) is 4.53. The number of hydrogen-bond acceptors (Lipinski definition) is 1. The quantitative estimate of drug-likeness (QED) is 0.305. The number of benzene rings is 1. The molecule has 12 heavy (non-hydrogen) atoms. The normalized spacial score (nSPS) is 5.50. The Morgan fingerprint density at radius 3 is 1.50 bits per heavy atom. The van der Waals surface area contributed by atoms with Crippen LogP contribution in [-0.4, -0.2) is 0 Å². The van der Waals surface area contributed by atoms with Gasteiger partial charge in [-0.05, 0) is 0 Å². The van der Waals surface area contributed by atoms with Crippen molar-refractivity contribution in [1.82, 2.24) is 0 Å². The average Bonchev–Trinajstić information content (AvgIpc) is 1.94. The van der Waals surface area contributed by atoms with E-state index in [2.05, 4.69) is 9.69 Å². The molecule has 0 nitrogen and oxygen atoms in total. The van der Waals surface area contributed by atoms with Crippen molar-refractivity contribution in [2.75, 3.05) is 0 Å². The molecule has 0 N–H and O–H groups in total. The van der Waals surface area contributed by atoms with Gasteiger partial charge in [-0.15, -0.1) is 0 Å². The fourth-order valence-corrected chi connectivity index (χ4v) is 0.578. The van der Waals surface area contributed by atoms with Crippen LogP contribution in [0.4, 0.5) is 0 Å². The third-order valence-corrected chi connectivity index (χ3v) is 1.02. The summed E-state index contributed by atoms with van der Waals surface area (Å²) in [6.07, 6.45) is 0. The first-order valence-corrected chi connectivity index (χ1v) is 4.76. The van der Waals surface area contributed by atoms with Crippen molar-refractivity contribution in [2.24, 2.45) is 0 Å². The van der Waals surface area contributed by atoms with E-state index in [-0.39, 0.29) is 27.2 Å². The first-order chi connectivity index (χ1) is 4.39. The van der Waals surface area contributed by atoms with Crippen molar-refractivity contribution >= 4 is 42.1 Å². The van der Waals surface area contributed by atoms with Crippen LogP contribution in [0.5, 0.6) is 0 Å². The zero-order valence-corrected chi connectivity index (χ0v) is 13.0. The summed E-state index contributed by atoms with van der Waals surface area (Å²) in [5, 5.41) is 0. The van der Waals surface area contributed by atoms with Gasteiger partial charge >= 0.3 is 27.0 Å². The molecule has 0 aliphatic rings. The van der Waals surface area contributed by atoms with Gasteiger partial charge in [0.1, 0.15) is 0 Å². The molecule has 1 aromatic carbocycles. The summed E-state index contributed by atoms with van der Waals surface area (Å²) in [6, 6.07) is 9.62. The van der Waals surface area contributed by atoms with Gasteiger partial charge in [-0.2, -0.15) is 24.7 Å². The van der Waals surface area contributed by atoms with E-state index in [0.29, 0.717) is 0 Å². The van der Waals surface area contributed by atoms with E-state index in [4.69, 9.17) is 12.6 Å². The van der Waals surface area contributed by atoms with Gasteiger partial charge in [0.05, 0.1) is 0 Å². The van der Waals surface area contributed by atoms with E-state index in [9.17, 15) is 0 Å². The van der Waals surface area contributed by atoms with Crippen molar-refractivity contribution in [3.63, 3.8) is 0 Å². The summed E-state index contributed by atoms with van der Waals surface area (Å²) in [5.74, 6) is 0. The van der Waals surface area contributed by atoms with E-state index in [1.165, 1.54) is 0 Å². The molecule has 0 fully saturated rings. The largest absolute Gasteiger partial charge is 0.780 e. The number of halogens is 1. The molecule has 0 amide bonds. The Morgan fingerprint density at radius 2 is 1.33 bits per heavy atom. The Bertz CT molecular complexity index is 151. The SMILES string of the molecule is P.P.[CH3-].[Cl][Rh+2].[S-]c1ccccc1. The van der Waals surface area contributed by atoms with Crippen molar-refractivity contribution in [3.05, 3.63) is 37.8 Å². The maximum Gasteiger partial charge on any atom is -0.0624 e. The molecule has 5 heteroatoms. The van der Waals surface area contributed by atoms with E-state index in [1.807, 2.05) is 47.6 Å². The second-order valence-corrected chi connectivity index (χ2v) is 1.78. The van der Waals surface area contributed by atoms with Crippen molar-refractivity contribution in [2.45, 2.75) is 4.90 Å². The molecule has 0 aliphatic heterocycles. The van der Waals surface area contributed by atoms with Crippen LogP contribution in [-0.2, 0) is 29.9 Å². The van der Waals surface area contributed by atoms with Crippen LogP contribution in [0.25, 0.3) is 0 Å². The zero-order valence-electron chi connectivity index (χ0n) is 6.92. The molecule has 0 radical (unpaired) electrons. The minimum atomic E-state index is 0. The molecule has 0 aliphatic carbocycles. The molecule has 1 aromatic rings. The molecule has 1 rings (SSSR count). The van der Waals surface area contributed by atoms with E-state index in [1.54, 1.807) is 0 Å². The summed E-state index contributed by atoms with van der Waals surface area (Å²) in [5.41, 5.74) is 0. The van der Waals surface area contributed by atoms with Crippen LogP contribution in [0.15, 0.2) is 35.2 Å². The van der Waals surface area contributed by atoms with Gasteiger partial charge in [-0.25, -0.2) is 0 Å². The second kappa shape index (κ2) is 18.1. The number of hydrogen-bond donors (Lipinski definition) is 0. The van der Waals surface area contributed by atoms with Crippen LogP contribution in [0.1, 0.15) is 0 Å². The van der Waals surface area contributed by atoms with E-state index < -0.39 is 0 Å². The van der Waals surface area contributed by atoms with Crippen LogP contribution in [0.3, 0.4) is 0 Å². The summed E-state index contributed by atoms with van der Waals surface area (Å²) < 4.78 is 0. The van der Waals surface area contributed by atoms with E-state index in [0.717, 1.165) is 4.90 Å². The summed E-state index contributed by atoms with van der Waals surface area (Å²) >= 11 is 6.83. The summed E-state index contributed by atoms with van der Waals surface area (Å²) in [4.78, 5) is 0.905. The van der Waals surface area contributed by atoms with Gasteiger partial charge < -0.3 is 20.1 Å². The third-order valence-electron chi connectivity index (χ3n) is 0.743. The minimum Gasteiger partial charge on any atom is -0.780 e. The molecule has 74 valence electrons. The number of rotatable bonds is 0. The first-order valence-electron chi connectivity index (χ1n) is 2.24. The molecule has 0 heterocycles. The van der Waals surface area contributed by atoms with Gasteiger partial charge in [0.15, 0.2) is 0 Å². The molecule has 0 bridgehead atoms. The minimum absolute atomic E-state index is 0. The van der Waals surface area contributed by atoms with Gasteiger partial charge in [0.25, 0.3) is 0 Å². The Labute approximate surface area is 102 Å². The van der Waals surface area contributed by atoms with Crippen molar-refractivity contribution < 1.29 is 17.3 Å². The fraction of sp³-hybridized carbons (Fsp3) is 0. The maximum absolute atomic E-state index is 4.81. The average molecular weight is 331 g/mol. The topological polar surface area (TPSA) is 0 Å². The summed E-state index contributed by atoms with van der Waals surface area (Å²) in [6.45, 7) is 0. The molecular formula is C7H14ClP2RhS. The zero-order chi connectivity index (χ0) is 7.11. The molecule has 0 aromatic heterocycles. The fourth-order valence-electron chi connectivity index (χ4n) is 0.420. The maximum atomic E-state index is 4.81. The monoisotopic (exact) mass is 330 g/mol. The standard InChI is InChI=1S/C6H6S.CH3.ClH.2H3P.Rh/c7-6-4-2-1-3-5-6;;;;;/h1-5,7H;1H3;1H;2*1H3;/q;-1;;;;+3/p-2. The van der Waals surface area contributed by atoms with Gasteiger partial charge in [-0.1, -0.05) is 30.3 Å². The Morgan fingerprint density at radius 1 is 1.00 bits per heavy atom. The second-order valence-electron chi connectivity index (χ2n) is 1.31. The van der Waals surface area contributed by atoms with Gasteiger partial charge in [-0.3, -0.25) is 0 Å². The third kappa shape index (κ3) is 13.8. The molecule has 0 spiro atoms. The predicted octanol–water partition coefficient (Wildman–Crippen LogP) is 2.85. The Balaban J connectivity index is -0.0000000600. The molecule has 2 atom stereocenters. The van der Waals surface area contributed by atoms with E-state index >= 15 is 0 Å².